The molecule has 0 fully saturated rings. The lowest BCUT2D eigenvalue weighted by Gasteiger charge is -2.02. The first-order valence-corrected chi connectivity index (χ1v) is 5.90. The topological polar surface area (TPSA) is 56.0 Å². The number of aromatic nitrogens is 1. The minimum Gasteiger partial charge on any atom is -0.258 e. The highest BCUT2D eigenvalue weighted by Gasteiger charge is 2.05. The fraction of sp³-hybridized carbons (Fsp3) is 0.214. The fourth-order valence-electron chi connectivity index (χ4n) is 1.79. The molecule has 0 radical (unpaired) electrons. The Bertz CT molecular complexity index is 533. The zero-order valence-corrected chi connectivity index (χ0v) is 10.2. The number of nitro groups is 1. The number of hydrogen-bond acceptors (Lipinski definition) is 3. The van der Waals surface area contributed by atoms with Crippen LogP contribution in [0.4, 0.5) is 5.69 Å². The number of aryl methyl sites for hydroxylation is 1. The number of nitro benzene ring substituents is 1. The number of nitrogens with zero attached hydrogens (tertiary/aromatic N) is 2. The summed E-state index contributed by atoms with van der Waals surface area (Å²) in [6.45, 7) is 2.13. The van der Waals surface area contributed by atoms with E-state index in [1.165, 1.54) is 17.7 Å². The molecule has 0 bridgehead atoms. The van der Waals surface area contributed by atoms with Crippen LogP contribution in [0, 0.1) is 10.1 Å². The summed E-state index contributed by atoms with van der Waals surface area (Å²) in [6, 6.07) is 10.4. The van der Waals surface area contributed by atoms with Crippen molar-refractivity contribution in [3.05, 3.63) is 58.3 Å². The predicted molar refractivity (Wildman–Crippen MR) is 70.3 cm³/mol. The number of benzene rings is 1. The zero-order chi connectivity index (χ0) is 13.0. The Balaban J connectivity index is 2.23. The van der Waals surface area contributed by atoms with Crippen LogP contribution in [-0.4, -0.2) is 9.91 Å². The fourth-order valence-corrected chi connectivity index (χ4v) is 1.79. The minimum atomic E-state index is -0.401. The average Bonchev–Trinajstić information content (AvgIpc) is 2.40. The first-order valence-electron chi connectivity index (χ1n) is 5.90. The molecule has 0 N–H and O–H groups in total. The van der Waals surface area contributed by atoms with Crippen molar-refractivity contribution in [1.29, 1.82) is 0 Å². The van der Waals surface area contributed by atoms with E-state index in [1.807, 2.05) is 18.3 Å². The van der Waals surface area contributed by atoms with Gasteiger partial charge in [-0.15, -0.1) is 0 Å². The van der Waals surface area contributed by atoms with Gasteiger partial charge < -0.3 is 0 Å². The summed E-state index contributed by atoms with van der Waals surface area (Å²) in [6.07, 6.45) is 3.98. The third kappa shape index (κ3) is 2.71. The minimum absolute atomic E-state index is 0.0985. The van der Waals surface area contributed by atoms with E-state index in [-0.39, 0.29) is 5.69 Å². The molecular formula is C14H14N2O2. The third-order valence-corrected chi connectivity index (χ3v) is 2.74. The highest BCUT2D eigenvalue weighted by Crippen LogP contribution is 2.20. The number of pyridine rings is 1. The second-order valence-electron chi connectivity index (χ2n) is 4.11. The van der Waals surface area contributed by atoms with Crippen LogP contribution in [-0.2, 0) is 6.42 Å². The molecule has 2 aromatic rings. The monoisotopic (exact) mass is 242 g/mol. The molecule has 0 aliphatic carbocycles. The highest BCUT2D eigenvalue weighted by molar-refractivity contribution is 5.60. The maximum absolute atomic E-state index is 10.6. The molecule has 0 unspecified atom stereocenters. The lowest BCUT2D eigenvalue weighted by atomic mass is 10.1. The van der Waals surface area contributed by atoms with Gasteiger partial charge in [0.1, 0.15) is 0 Å². The van der Waals surface area contributed by atoms with Gasteiger partial charge in [-0.1, -0.05) is 19.4 Å². The van der Waals surface area contributed by atoms with Gasteiger partial charge in [0, 0.05) is 23.9 Å². The Labute approximate surface area is 105 Å². The second kappa shape index (κ2) is 5.40. The Hall–Kier alpha value is -2.23. The molecule has 0 atom stereocenters. The van der Waals surface area contributed by atoms with Crippen molar-refractivity contribution in [3.8, 4) is 11.3 Å². The van der Waals surface area contributed by atoms with Gasteiger partial charge in [0.25, 0.3) is 5.69 Å². The summed E-state index contributed by atoms with van der Waals surface area (Å²) in [5, 5.41) is 10.6. The number of hydrogen-bond donors (Lipinski definition) is 0. The molecule has 18 heavy (non-hydrogen) atoms. The quantitative estimate of drug-likeness (QED) is 0.608. The standard InChI is InChI=1S/C14H14N2O2/c1-2-3-11-4-9-14(15-10-11)12-5-7-13(8-6-12)16(17)18/h4-10H,2-3H2,1H3. The number of non-ortho nitro benzene ring substituents is 1. The van der Waals surface area contributed by atoms with Crippen LogP contribution in [0.25, 0.3) is 11.3 Å². The average molecular weight is 242 g/mol. The van der Waals surface area contributed by atoms with Crippen molar-refractivity contribution in [3.63, 3.8) is 0 Å². The first kappa shape index (κ1) is 12.2. The Morgan fingerprint density at radius 1 is 1.17 bits per heavy atom. The van der Waals surface area contributed by atoms with Crippen molar-refractivity contribution in [2.75, 3.05) is 0 Å². The Morgan fingerprint density at radius 3 is 2.39 bits per heavy atom. The van der Waals surface area contributed by atoms with E-state index in [9.17, 15) is 10.1 Å². The van der Waals surface area contributed by atoms with Crippen molar-refractivity contribution >= 4 is 5.69 Å². The maximum atomic E-state index is 10.6. The van der Waals surface area contributed by atoms with E-state index in [4.69, 9.17) is 0 Å². The molecule has 4 heteroatoms. The summed E-state index contributed by atoms with van der Waals surface area (Å²) < 4.78 is 0. The molecule has 1 aromatic heterocycles. The van der Waals surface area contributed by atoms with Crippen LogP contribution in [0.5, 0.6) is 0 Å². The predicted octanol–water partition coefficient (Wildman–Crippen LogP) is 3.61. The van der Waals surface area contributed by atoms with E-state index >= 15 is 0 Å². The van der Waals surface area contributed by atoms with Gasteiger partial charge >= 0.3 is 0 Å². The van der Waals surface area contributed by atoms with Gasteiger partial charge in [0.2, 0.25) is 0 Å². The summed E-state index contributed by atoms with van der Waals surface area (Å²) >= 11 is 0. The molecule has 0 saturated heterocycles. The van der Waals surface area contributed by atoms with E-state index in [1.54, 1.807) is 12.1 Å². The van der Waals surface area contributed by atoms with Gasteiger partial charge in [-0.25, -0.2) is 0 Å². The summed E-state index contributed by atoms with van der Waals surface area (Å²) in [5.41, 5.74) is 3.04. The molecule has 1 heterocycles. The SMILES string of the molecule is CCCc1ccc(-c2ccc([N+](=O)[O-])cc2)nc1. The van der Waals surface area contributed by atoms with Crippen LogP contribution in [0.15, 0.2) is 42.6 Å². The van der Waals surface area contributed by atoms with E-state index in [2.05, 4.69) is 11.9 Å². The molecule has 0 aliphatic heterocycles. The number of rotatable bonds is 4. The van der Waals surface area contributed by atoms with Crippen LogP contribution in [0.3, 0.4) is 0 Å². The second-order valence-corrected chi connectivity index (χ2v) is 4.11. The summed E-state index contributed by atoms with van der Waals surface area (Å²) in [5.74, 6) is 0. The largest absolute Gasteiger partial charge is 0.269 e. The van der Waals surface area contributed by atoms with Gasteiger partial charge in [-0.2, -0.15) is 0 Å². The van der Waals surface area contributed by atoms with E-state index in [0.29, 0.717) is 0 Å². The Kier molecular flexibility index (Phi) is 3.67. The van der Waals surface area contributed by atoms with Gasteiger partial charge in [-0.05, 0) is 30.2 Å². The first-order chi connectivity index (χ1) is 8.70. The molecule has 92 valence electrons. The molecule has 4 nitrogen and oxygen atoms in total. The Morgan fingerprint density at radius 2 is 1.89 bits per heavy atom. The van der Waals surface area contributed by atoms with Crippen molar-refractivity contribution in [2.24, 2.45) is 0 Å². The van der Waals surface area contributed by atoms with Crippen molar-refractivity contribution in [1.82, 2.24) is 4.98 Å². The smallest absolute Gasteiger partial charge is 0.258 e. The van der Waals surface area contributed by atoms with Crippen LogP contribution < -0.4 is 0 Å². The van der Waals surface area contributed by atoms with Gasteiger partial charge in [0.05, 0.1) is 10.6 Å². The summed E-state index contributed by atoms with van der Waals surface area (Å²) in [7, 11) is 0. The van der Waals surface area contributed by atoms with Crippen LogP contribution in [0.2, 0.25) is 0 Å². The zero-order valence-electron chi connectivity index (χ0n) is 10.2. The summed E-state index contributed by atoms with van der Waals surface area (Å²) in [4.78, 5) is 14.5. The molecule has 2 rings (SSSR count). The molecule has 1 aromatic carbocycles. The molecule has 0 saturated carbocycles. The van der Waals surface area contributed by atoms with Crippen LogP contribution >= 0.6 is 0 Å². The third-order valence-electron chi connectivity index (χ3n) is 2.74. The van der Waals surface area contributed by atoms with Crippen LogP contribution in [0.1, 0.15) is 18.9 Å². The lowest BCUT2D eigenvalue weighted by molar-refractivity contribution is -0.384. The van der Waals surface area contributed by atoms with Gasteiger partial charge in [0.15, 0.2) is 0 Å². The molecular weight excluding hydrogens is 228 g/mol. The lowest BCUT2D eigenvalue weighted by Crippen LogP contribution is -1.90. The molecule has 0 aliphatic rings. The van der Waals surface area contributed by atoms with Crippen molar-refractivity contribution in [2.45, 2.75) is 19.8 Å². The van der Waals surface area contributed by atoms with E-state index in [0.717, 1.165) is 24.1 Å². The van der Waals surface area contributed by atoms with Crippen molar-refractivity contribution < 1.29 is 4.92 Å². The molecule has 0 amide bonds. The maximum Gasteiger partial charge on any atom is 0.269 e. The molecule has 0 spiro atoms. The highest BCUT2D eigenvalue weighted by atomic mass is 16.6. The van der Waals surface area contributed by atoms with Gasteiger partial charge in [-0.3, -0.25) is 15.1 Å². The van der Waals surface area contributed by atoms with E-state index < -0.39 is 4.92 Å². The normalized spacial score (nSPS) is 10.3.